The molecule has 0 radical (unpaired) electrons. The van der Waals surface area contributed by atoms with E-state index >= 15 is 0 Å². The van der Waals surface area contributed by atoms with Gasteiger partial charge in [-0.15, -0.1) is 0 Å². The van der Waals surface area contributed by atoms with Gasteiger partial charge in [0.25, 0.3) is 11.8 Å². The third kappa shape index (κ3) is 7.76. The number of hydrogen-bond acceptors (Lipinski definition) is 4. The Labute approximate surface area is 138 Å². The number of ether oxygens (including phenoxy) is 1. The van der Waals surface area contributed by atoms with Crippen molar-refractivity contribution in [1.82, 2.24) is 15.5 Å². The zero-order valence-electron chi connectivity index (χ0n) is 14.2. The molecule has 0 fully saturated rings. The van der Waals surface area contributed by atoms with E-state index in [1.165, 1.54) is 0 Å². The van der Waals surface area contributed by atoms with E-state index in [2.05, 4.69) is 15.5 Å². The van der Waals surface area contributed by atoms with Gasteiger partial charge < -0.3 is 20.3 Å². The highest BCUT2D eigenvalue weighted by atomic mass is 16.5. The van der Waals surface area contributed by atoms with Gasteiger partial charge in [-0.1, -0.05) is 6.07 Å². The molecule has 0 atom stereocenters. The normalized spacial score (nSPS) is 10.6. The van der Waals surface area contributed by atoms with E-state index in [9.17, 15) is 9.59 Å². The molecule has 0 spiro atoms. The van der Waals surface area contributed by atoms with Crippen molar-refractivity contribution in [1.29, 1.82) is 0 Å². The molecule has 2 amide bonds. The molecule has 0 bridgehead atoms. The molecule has 0 aromatic heterocycles. The summed E-state index contributed by atoms with van der Waals surface area (Å²) in [5.41, 5.74) is 0.989. The summed E-state index contributed by atoms with van der Waals surface area (Å²) in [6.07, 6.45) is 1.65. The smallest absolute Gasteiger partial charge is 0.251 e. The third-order valence-electron chi connectivity index (χ3n) is 3.27. The lowest BCUT2D eigenvalue weighted by Crippen LogP contribution is -2.28. The molecule has 2 N–H and O–H groups in total. The highest BCUT2D eigenvalue weighted by molar-refractivity contribution is 5.99. The number of carbonyl (C=O) groups excluding carboxylic acids is 2. The first-order valence-corrected chi connectivity index (χ1v) is 7.84. The first-order valence-electron chi connectivity index (χ1n) is 7.84. The Balaban J connectivity index is 2.48. The second-order valence-corrected chi connectivity index (χ2v) is 5.60. The average molecular weight is 321 g/mol. The highest BCUT2D eigenvalue weighted by Gasteiger charge is 2.09. The SMILES string of the molecule is COCCCNC(=O)c1cccc(C(=O)NCCCN(C)C)c1. The molecular weight excluding hydrogens is 294 g/mol. The van der Waals surface area contributed by atoms with E-state index in [0.29, 0.717) is 30.8 Å². The molecule has 6 heteroatoms. The Morgan fingerprint density at radius 3 is 2.13 bits per heavy atom. The second kappa shape index (κ2) is 10.7. The summed E-state index contributed by atoms with van der Waals surface area (Å²) in [6.45, 7) is 2.69. The molecule has 0 unspecified atom stereocenters. The third-order valence-corrected chi connectivity index (χ3v) is 3.27. The van der Waals surface area contributed by atoms with E-state index in [1.807, 2.05) is 14.1 Å². The van der Waals surface area contributed by atoms with Crippen LogP contribution in [-0.4, -0.2) is 64.2 Å². The Morgan fingerprint density at radius 2 is 1.61 bits per heavy atom. The molecule has 6 nitrogen and oxygen atoms in total. The molecule has 23 heavy (non-hydrogen) atoms. The summed E-state index contributed by atoms with van der Waals surface area (Å²) < 4.78 is 4.93. The minimum absolute atomic E-state index is 0.155. The minimum atomic E-state index is -0.177. The van der Waals surface area contributed by atoms with Crippen LogP contribution in [0.4, 0.5) is 0 Å². The van der Waals surface area contributed by atoms with Gasteiger partial charge in [-0.25, -0.2) is 0 Å². The van der Waals surface area contributed by atoms with Gasteiger partial charge in [0.1, 0.15) is 0 Å². The quantitative estimate of drug-likeness (QED) is 0.634. The van der Waals surface area contributed by atoms with Crippen LogP contribution in [0.15, 0.2) is 24.3 Å². The lowest BCUT2D eigenvalue weighted by molar-refractivity contribution is 0.0948. The predicted molar refractivity (Wildman–Crippen MR) is 90.8 cm³/mol. The van der Waals surface area contributed by atoms with E-state index in [4.69, 9.17) is 4.74 Å². The molecule has 0 saturated heterocycles. The number of carbonyl (C=O) groups is 2. The van der Waals surface area contributed by atoms with Gasteiger partial charge >= 0.3 is 0 Å². The van der Waals surface area contributed by atoms with Crippen LogP contribution in [0.1, 0.15) is 33.6 Å². The molecule has 0 saturated carbocycles. The van der Waals surface area contributed by atoms with Crippen LogP contribution >= 0.6 is 0 Å². The summed E-state index contributed by atoms with van der Waals surface area (Å²) >= 11 is 0. The highest BCUT2D eigenvalue weighted by Crippen LogP contribution is 2.05. The number of hydrogen-bond donors (Lipinski definition) is 2. The van der Waals surface area contributed by atoms with Crippen molar-refractivity contribution in [3.8, 4) is 0 Å². The van der Waals surface area contributed by atoms with Crippen molar-refractivity contribution >= 4 is 11.8 Å². The number of rotatable bonds is 10. The van der Waals surface area contributed by atoms with Crippen LogP contribution < -0.4 is 10.6 Å². The first-order chi connectivity index (χ1) is 11.0. The van der Waals surface area contributed by atoms with Crippen molar-refractivity contribution < 1.29 is 14.3 Å². The molecule has 0 aliphatic heterocycles. The van der Waals surface area contributed by atoms with Crippen molar-refractivity contribution in [2.75, 3.05) is 47.4 Å². The Morgan fingerprint density at radius 1 is 1.04 bits per heavy atom. The lowest BCUT2D eigenvalue weighted by atomic mass is 10.1. The fourth-order valence-corrected chi connectivity index (χ4v) is 2.02. The van der Waals surface area contributed by atoms with Gasteiger partial charge in [-0.2, -0.15) is 0 Å². The molecule has 1 rings (SSSR count). The summed E-state index contributed by atoms with van der Waals surface area (Å²) in [5.74, 6) is -0.332. The van der Waals surface area contributed by atoms with E-state index in [0.717, 1.165) is 19.4 Å². The number of nitrogens with zero attached hydrogens (tertiary/aromatic N) is 1. The minimum Gasteiger partial charge on any atom is -0.385 e. The molecular formula is C17H27N3O3. The van der Waals surface area contributed by atoms with Crippen LogP contribution in [0.2, 0.25) is 0 Å². The standard InChI is InChI=1S/C17H27N3O3/c1-20(2)11-5-9-18-16(21)14-7-4-8-15(13-14)17(22)19-10-6-12-23-3/h4,7-8,13H,5-6,9-12H2,1-3H3,(H,18,21)(H,19,22). The topological polar surface area (TPSA) is 70.7 Å². The van der Waals surface area contributed by atoms with Crippen molar-refractivity contribution in [2.24, 2.45) is 0 Å². The number of amides is 2. The van der Waals surface area contributed by atoms with Crippen LogP contribution in [-0.2, 0) is 4.74 Å². The first kappa shape index (κ1) is 19.1. The summed E-state index contributed by atoms with van der Waals surface area (Å²) in [7, 11) is 5.62. The molecule has 1 aromatic rings. The fraction of sp³-hybridized carbons (Fsp3) is 0.529. The van der Waals surface area contributed by atoms with Gasteiger partial charge in [0.05, 0.1) is 0 Å². The van der Waals surface area contributed by atoms with Crippen LogP contribution in [0.5, 0.6) is 0 Å². The largest absolute Gasteiger partial charge is 0.385 e. The molecule has 0 heterocycles. The number of benzene rings is 1. The monoisotopic (exact) mass is 321 g/mol. The maximum atomic E-state index is 12.1. The van der Waals surface area contributed by atoms with Crippen molar-refractivity contribution in [3.05, 3.63) is 35.4 Å². The molecule has 1 aromatic carbocycles. The Hall–Kier alpha value is -1.92. The van der Waals surface area contributed by atoms with Gasteiger partial charge in [0, 0.05) is 37.9 Å². The van der Waals surface area contributed by atoms with E-state index < -0.39 is 0 Å². The van der Waals surface area contributed by atoms with Crippen LogP contribution in [0.25, 0.3) is 0 Å². The van der Waals surface area contributed by atoms with Crippen molar-refractivity contribution in [3.63, 3.8) is 0 Å². The van der Waals surface area contributed by atoms with E-state index in [-0.39, 0.29) is 11.8 Å². The van der Waals surface area contributed by atoms with Crippen molar-refractivity contribution in [2.45, 2.75) is 12.8 Å². The predicted octanol–water partition coefficient (Wildman–Crippen LogP) is 1.13. The summed E-state index contributed by atoms with van der Waals surface area (Å²) in [5, 5.41) is 5.68. The maximum Gasteiger partial charge on any atom is 0.251 e. The second-order valence-electron chi connectivity index (χ2n) is 5.60. The van der Waals surface area contributed by atoms with Gasteiger partial charge in [-0.3, -0.25) is 9.59 Å². The van der Waals surface area contributed by atoms with Crippen LogP contribution in [0.3, 0.4) is 0 Å². The van der Waals surface area contributed by atoms with Gasteiger partial charge in [0.2, 0.25) is 0 Å². The van der Waals surface area contributed by atoms with Crippen LogP contribution in [0, 0.1) is 0 Å². The zero-order chi connectivity index (χ0) is 17.1. The van der Waals surface area contributed by atoms with Gasteiger partial charge in [-0.05, 0) is 51.7 Å². The summed E-state index contributed by atoms with van der Waals surface area (Å²) in [4.78, 5) is 26.2. The fourth-order valence-electron chi connectivity index (χ4n) is 2.02. The Bertz CT molecular complexity index is 504. The summed E-state index contributed by atoms with van der Waals surface area (Å²) in [6, 6.07) is 6.75. The average Bonchev–Trinajstić information content (AvgIpc) is 2.55. The Kier molecular flexibility index (Phi) is 8.94. The maximum absolute atomic E-state index is 12.1. The molecule has 0 aliphatic rings. The van der Waals surface area contributed by atoms with E-state index in [1.54, 1.807) is 31.4 Å². The number of methoxy groups -OCH3 is 1. The molecule has 128 valence electrons. The molecule has 0 aliphatic carbocycles. The number of nitrogens with one attached hydrogen (secondary N) is 2. The zero-order valence-corrected chi connectivity index (χ0v) is 14.2. The van der Waals surface area contributed by atoms with Gasteiger partial charge in [0.15, 0.2) is 0 Å². The lowest BCUT2D eigenvalue weighted by Gasteiger charge is -2.10.